The van der Waals surface area contributed by atoms with Gasteiger partial charge in [0.05, 0.1) is 6.33 Å². The minimum absolute atomic E-state index is 0.164. The third kappa shape index (κ3) is 3.16. The highest BCUT2D eigenvalue weighted by atomic mass is 32.1. The number of anilines is 1. The van der Waals surface area contributed by atoms with Crippen molar-refractivity contribution in [1.29, 1.82) is 0 Å². The molecule has 2 heterocycles. The van der Waals surface area contributed by atoms with Crippen LogP contribution in [0, 0.1) is 0 Å². The summed E-state index contributed by atoms with van der Waals surface area (Å²) in [5.74, 6) is 0. The zero-order chi connectivity index (χ0) is 12.3. The molecule has 0 bridgehead atoms. The van der Waals surface area contributed by atoms with Crippen molar-refractivity contribution >= 4 is 16.5 Å². The Morgan fingerprint density at radius 2 is 2.18 bits per heavy atom. The van der Waals surface area contributed by atoms with Crippen molar-refractivity contribution in [2.75, 3.05) is 11.9 Å². The molecule has 5 nitrogen and oxygen atoms in total. The summed E-state index contributed by atoms with van der Waals surface area (Å²) in [4.78, 5) is 3.85. The van der Waals surface area contributed by atoms with E-state index < -0.39 is 11.2 Å². The Balaban J connectivity index is 1.85. The Labute approximate surface area is 98.3 Å². The molecule has 0 aliphatic heterocycles. The lowest BCUT2D eigenvalue weighted by Gasteiger charge is -2.02. The first-order chi connectivity index (χ1) is 8.05. The molecule has 1 N–H and O–H groups in total. The molecule has 17 heavy (non-hydrogen) atoms. The summed E-state index contributed by atoms with van der Waals surface area (Å²) in [5, 5.41) is 8.47. The highest BCUT2D eigenvalue weighted by Gasteiger charge is 2.35. The number of rotatable bonds is 4. The van der Waals surface area contributed by atoms with E-state index in [2.05, 4.69) is 20.5 Å². The van der Waals surface area contributed by atoms with Crippen molar-refractivity contribution in [2.24, 2.45) is 0 Å². The van der Waals surface area contributed by atoms with Gasteiger partial charge in [-0.3, -0.25) is 0 Å². The van der Waals surface area contributed by atoms with Gasteiger partial charge < -0.3 is 9.88 Å². The minimum Gasteiger partial charge on any atom is -0.358 e. The minimum atomic E-state index is -4.43. The smallest absolute Gasteiger partial charge is 0.358 e. The molecule has 2 rings (SSSR count). The molecule has 0 amide bonds. The first-order valence-electron chi connectivity index (χ1n) is 4.66. The third-order valence-corrected chi connectivity index (χ3v) is 2.80. The molecule has 0 fully saturated rings. The van der Waals surface area contributed by atoms with Crippen LogP contribution in [0.2, 0.25) is 0 Å². The van der Waals surface area contributed by atoms with Crippen LogP contribution in [-0.4, -0.2) is 26.3 Å². The molecular weight excluding hydrogens is 255 g/mol. The molecule has 0 saturated carbocycles. The van der Waals surface area contributed by atoms with Crippen molar-refractivity contribution in [1.82, 2.24) is 19.7 Å². The summed E-state index contributed by atoms with van der Waals surface area (Å²) in [6.07, 6.45) is 0.598. The summed E-state index contributed by atoms with van der Waals surface area (Å²) in [7, 11) is 0. The fourth-order valence-corrected chi connectivity index (χ4v) is 1.76. The van der Waals surface area contributed by atoms with Crippen LogP contribution >= 0.6 is 11.3 Å². The molecular formula is C8H8F3N5S. The number of hydrogen-bond acceptors (Lipinski definition) is 5. The van der Waals surface area contributed by atoms with Crippen LogP contribution in [0.5, 0.6) is 0 Å². The summed E-state index contributed by atoms with van der Waals surface area (Å²) < 4.78 is 38.4. The summed E-state index contributed by atoms with van der Waals surface area (Å²) in [6.45, 7) is 1.06. The molecule has 0 saturated heterocycles. The highest BCUT2D eigenvalue weighted by Crippen LogP contribution is 2.32. The van der Waals surface area contributed by atoms with Crippen LogP contribution in [0.4, 0.5) is 18.3 Å². The average molecular weight is 263 g/mol. The number of alkyl halides is 3. The van der Waals surface area contributed by atoms with Gasteiger partial charge in [-0.2, -0.15) is 13.2 Å². The Morgan fingerprint density at radius 3 is 2.76 bits per heavy atom. The molecule has 2 aromatic heterocycles. The molecule has 2 aromatic rings. The van der Waals surface area contributed by atoms with Gasteiger partial charge in [-0.15, -0.1) is 10.2 Å². The van der Waals surface area contributed by atoms with Crippen molar-refractivity contribution in [2.45, 2.75) is 12.7 Å². The van der Waals surface area contributed by atoms with Crippen LogP contribution in [0.15, 0.2) is 18.7 Å². The lowest BCUT2D eigenvalue weighted by molar-refractivity contribution is -0.138. The van der Waals surface area contributed by atoms with E-state index in [0.29, 0.717) is 24.4 Å². The first kappa shape index (κ1) is 11.8. The number of hydrogen-bond donors (Lipinski definition) is 1. The second kappa shape index (κ2) is 4.70. The van der Waals surface area contributed by atoms with E-state index in [1.165, 1.54) is 0 Å². The third-order valence-electron chi connectivity index (χ3n) is 1.87. The first-order valence-corrected chi connectivity index (χ1v) is 5.47. The predicted molar refractivity (Wildman–Crippen MR) is 55.6 cm³/mol. The molecule has 0 aliphatic carbocycles. The van der Waals surface area contributed by atoms with Crippen LogP contribution in [0.3, 0.4) is 0 Å². The van der Waals surface area contributed by atoms with Crippen LogP contribution in [0.25, 0.3) is 0 Å². The van der Waals surface area contributed by atoms with Gasteiger partial charge in [0.15, 0.2) is 0 Å². The number of halogens is 3. The van der Waals surface area contributed by atoms with Gasteiger partial charge in [-0.05, 0) is 0 Å². The van der Waals surface area contributed by atoms with Gasteiger partial charge >= 0.3 is 6.18 Å². The number of nitrogens with zero attached hydrogens (tertiary/aromatic N) is 4. The molecule has 0 aromatic carbocycles. The van der Waals surface area contributed by atoms with E-state index in [0.717, 1.165) is 0 Å². The van der Waals surface area contributed by atoms with Gasteiger partial charge in [0.25, 0.3) is 0 Å². The van der Waals surface area contributed by atoms with Gasteiger partial charge in [0.1, 0.15) is 0 Å². The molecule has 0 unspecified atom stereocenters. The molecule has 9 heteroatoms. The molecule has 0 atom stereocenters. The average Bonchev–Trinajstić information content (AvgIpc) is 2.86. The largest absolute Gasteiger partial charge is 0.445 e. The van der Waals surface area contributed by atoms with Crippen molar-refractivity contribution < 1.29 is 13.2 Å². The highest BCUT2D eigenvalue weighted by molar-refractivity contribution is 7.15. The Morgan fingerprint density at radius 1 is 1.35 bits per heavy atom. The summed E-state index contributed by atoms with van der Waals surface area (Å²) >= 11 is 0.494. The van der Waals surface area contributed by atoms with Gasteiger partial charge in [-0.25, -0.2) is 4.98 Å². The Kier molecular flexibility index (Phi) is 3.27. The lowest BCUT2D eigenvalue weighted by atomic mass is 10.6. The second-order valence-corrected chi connectivity index (χ2v) is 4.11. The maximum atomic E-state index is 12.2. The molecule has 0 spiro atoms. The van der Waals surface area contributed by atoms with Gasteiger partial charge in [-0.1, -0.05) is 11.3 Å². The SMILES string of the molecule is FC(F)(F)c1nnc(NCCn2ccnc2)s1. The lowest BCUT2D eigenvalue weighted by Crippen LogP contribution is -2.08. The number of imidazole rings is 1. The van der Waals surface area contributed by atoms with E-state index in [9.17, 15) is 13.2 Å². The van der Waals surface area contributed by atoms with Crippen molar-refractivity contribution in [3.05, 3.63) is 23.7 Å². The maximum Gasteiger partial charge on any atom is 0.445 e. The normalized spacial score (nSPS) is 11.7. The van der Waals surface area contributed by atoms with E-state index in [1.807, 2.05) is 0 Å². The maximum absolute atomic E-state index is 12.2. The van der Waals surface area contributed by atoms with E-state index in [1.54, 1.807) is 23.3 Å². The fourth-order valence-electron chi connectivity index (χ4n) is 1.12. The quantitative estimate of drug-likeness (QED) is 0.914. The number of aromatic nitrogens is 4. The van der Waals surface area contributed by atoms with Gasteiger partial charge in [0, 0.05) is 25.5 Å². The Bertz CT molecular complexity index is 464. The van der Waals surface area contributed by atoms with E-state index in [4.69, 9.17) is 0 Å². The van der Waals surface area contributed by atoms with E-state index in [-0.39, 0.29) is 5.13 Å². The zero-order valence-corrected chi connectivity index (χ0v) is 9.29. The Hall–Kier alpha value is -1.64. The van der Waals surface area contributed by atoms with Crippen LogP contribution in [-0.2, 0) is 12.7 Å². The van der Waals surface area contributed by atoms with Crippen molar-refractivity contribution in [3.63, 3.8) is 0 Å². The monoisotopic (exact) mass is 263 g/mol. The summed E-state index contributed by atoms with van der Waals surface area (Å²) in [5.41, 5.74) is 0. The topological polar surface area (TPSA) is 55.6 Å². The predicted octanol–water partition coefficient (Wildman–Crippen LogP) is 1.87. The van der Waals surface area contributed by atoms with Gasteiger partial charge in [0.2, 0.25) is 10.1 Å². The molecule has 92 valence electrons. The second-order valence-electron chi connectivity index (χ2n) is 3.14. The van der Waals surface area contributed by atoms with Crippen LogP contribution < -0.4 is 5.32 Å². The standard InChI is InChI=1S/C8H8F3N5S/c9-8(10,11)6-14-15-7(17-6)13-2-4-16-3-1-12-5-16/h1,3,5H,2,4H2,(H,13,15). The fraction of sp³-hybridized carbons (Fsp3) is 0.375. The molecule has 0 radical (unpaired) electrons. The number of nitrogens with one attached hydrogen (secondary N) is 1. The van der Waals surface area contributed by atoms with Crippen molar-refractivity contribution in [3.8, 4) is 0 Å². The molecule has 0 aliphatic rings. The zero-order valence-electron chi connectivity index (χ0n) is 8.48. The van der Waals surface area contributed by atoms with E-state index >= 15 is 0 Å². The summed E-state index contributed by atoms with van der Waals surface area (Å²) in [6, 6.07) is 0. The van der Waals surface area contributed by atoms with Crippen LogP contribution in [0.1, 0.15) is 5.01 Å².